The third kappa shape index (κ3) is 5.17. The number of carbonyl (C=O) groups is 2. The molecule has 0 bridgehead atoms. The number of hydrogen-bond donors (Lipinski definition) is 0. The van der Waals surface area contributed by atoms with Gasteiger partial charge in [-0.2, -0.15) is 0 Å². The molecular formula is C21H29ClN2O4. The molecule has 2 fully saturated rings. The number of amides is 2. The molecule has 28 heavy (non-hydrogen) atoms. The SMILES string of the molecule is COCC1CCN(C(=O)c2cc(Cl)ccc2OC2CCN(C(C)=O)CC2)CC1. The molecule has 0 atom stereocenters. The summed E-state index contributed by atoms with van der Waals surface area (Å²) in [6, 6.07) is 5.24. The quantitative estimate of drug-likeness (QED) is 0.750. The van der Waals surface area contributed by atoms with Crippen LogP contribution in [0.5, 0.6) is 5.75 Å². The molecule has 0 aliphatic carbocycles. The molecule has 1 aromatic carbocycles. The van der Waals surface area contributed by atoms with Crippen LogP contribution in [0.4, 0.5) is 0 Å². The van der Waals surface area contributed by atoms with Crippen molar-refractivity contribution in [2.45, 2.75) is 38.7 Å². The summed E-state index contributed by atoms with van der Waals surface area (Å²) in [7, 11) is 1.72. The number of methoxy groups -OCH3 is 1. The second-order valence-corrected chi connectivity index (χ2v) is 8.09. The maximum atomic E-state index is 13.1. The standard InChI is InChI=1S/C21H29ClN2O4/c1-15(25)23-11-7-18(8-12-23)28-20-4-3-17(22)13-19(20)21(26)24-9-5-16(6-10-24)14-27-2/h3-4,13,16,18H,5-12,14H2,1-2H3. The van der Waals surface area contributed by atoms with Crippen LogP contribution < -0.4 is 4.74 Å². The summed E-state index contributed by atoms with van der Waals surface area (Å²) in [4.78, 5) is 28.3. The largest absolute Gasteiger partial charge is 0.489 e. The maximum absolute atomic E-state index is 13.1. The summed E-state index contributed by atoms with van der Waals surface area (Å²) in [6.07, 6.45) is 3.41. The molecule has 1 aromatic rings. The second kappa shape index (κ2) is 9.61. The first-order valence-corrected chi connectivity index (χ1v) is 10.4. The molecule has 2 saturated heterocycles. The molecule has 2 amide bonds. The topological polar surface area (TPSA) is 59.1 Å². The number of likely N-dealkylation sites (tertiary alicyclic amines) is 2. The molecule has 0 saturated carbocycles. The number of benzene rings is 1. The number of halogens is 1. The van der Waals surface area contributed by atoms with Crippen molar-refractivity contribution in [1.29, 1.82) is 0 Å². The predicted molar refractivity (Wildman–Crippen MR) is 108 cm³/mol. The molecule has 0 radical (unpaired) electrons. The van der Waals surface area contributed by atoms with E-state index in [0.29, 0.717) is 35.3 Å². The van der Waals surface area contributed by atoms with Crippen molar-refractivity contribution in [2.75, 3.05) is 39.9 Å². The molecule has 7 heteroatoms. The van der Waals surface area contributed by atoms with E-state index < -0.39 is 0 Å². The fourth-order valence-electron chi connectivity index (χ4n) is 3.95. The van der Waals surface area contributed by atoms with Crippen LogP contribution in [0, 0.1) is 5.92 Å². The zero-order valence-electron chi connectivity index (χ0n) is 16.7. The Kier molecular flexibility index (Phi) is 7.18. The monoisotopic (exact) mass is 408 g/mol. The Morgan fingerprint density at radius 2 is 1.71 bits per heavy atom. The van der Waals surface area contributed by atoms with Crippen LogP contribution >= 0.6 is 11.6 Å². The van der Waals surface area contributed by atoms with Gasteiger partial charge >= 0.3 is 0 Å². The summed E-state index contributed by atoms with van der Waals surface area (Å²) in [5.41, 5.74) is 0.520. The van der Waals surface area contributed by atoms with Crippen LogP contribution in [0.1, 0.15) is 43.0 Å². The molecule has 154 valence electrons. The van der Waals surface area contributed by atoms with E-state index in [0.717, 1.165) is 45.4 Å². The fraction of sp³-hybridized carbons (Fsp3) is 0.619. The van der Waals surface area contributed by atoms with Crippen LogP contribution in [0.25, 0.3) is 0 Å². The number of piperidine rings is 2. The van der Waals surface area contributed by atoms with Crippen molar-refractivity contribution in [2.24, 2.45) is 5.92 Å². The van der Waals surface area contributed by atoms with Gasteiger partial charge in [0.25, 0.3) is 5.91 Å². The van der Waals surface area contributed by atoms with Crippen LogP contribution in [-0.4, -0.2) is 67.6 Å². The van der Waals surface area contributed by atoms with Gasteiger partial charge in [0.05, 0.1) is 5.56 Å². The third-order valence-electron chi connectivity index (χ3n) is 5.66. The zero-order valence-corrected chi connectivity index (χ0v) is 17.4. The highest BCUT2D eigenvalue weighted by Gasteiger charge is 2.28. The van der Waals surface area contributed by atoms with Gasteiger partial charge in [-0.1, -0.05) is 11.6 Å². The smallest absolute Gasteiger partial charge is 0.257 e. The first-order valence-electron chi connectivity index (χ1n) is 9.98. The van der Waals surface area contributed by atoms with Gasteiger partial charge in [0.15, 0.2) is 0 Å². The summed E-state index contributed by atoms with van der Waals surface area (Å²) >= 11 is 6.17. The van der Waals surface area contributed by atoms with Crippen molar-refractivity contribution in [1.82, 2.24) is 9.80 Å². The van der Waals surface area contributed by atoms with E-state index in [-0.39, 0.29) is 17.9 Å². The Balaban J connectivity index is 1.66. The lowest BCUT2D eigenvalue weighted by Crippen LogP contribution is -2.41. The molecule has 2 aliphatic rings. The van der Waals surface area contributed by atoms with E-state index in [1.807, 2.05) is 9.80 Å². The van der Waals surface area contributed by atoms with Gasteiger partial charge < -0.3 is 19.3 Å². The van der Waals surface area contributed by atoms with E-state index >= 15 is 0 Å². The van der Waals surface area contributed by atoms with Crippen molar-refractivity contribution < 1.29 is 19.1 Å². The highest BCUT2D eigenvalue weighted by atomic mass is 35.5. The van der Waals surface area contributed by atoms with Gasteiger partial charge in [0.2, 0.25) is 5.91 Å². The van der Waals surface area contributed by atoms with Gasteiger partial charge in [-0.15, -0.1) is 0 Å². The fourth-order valence-corrected chi connectivity index (χ4v) is 4.12. The number of nitrogens with zero attached hydrogens (tertiary/aromatic N) is 2. The normalized spacial score (nSPS) is 19.0. The Morgan fingerprint density at radius 3 is 2.32 bits per heavy atom. The van der Waals surface area contributed by atoms with Crippen molar-refractivity contribution in [3.05, 3.63) is 28.8 Å². The number of carbonyl (C=O) groups excluding carboxylic acids is 2. The lowest BCUT2D eigenvalue weighted by molar-refractivity contribution is -0.130. The van der Waals surface area contributed by atoms with Crippen LogP contribution in [-0.2, 0) is 9.53 Å². The molecule has 2 aliphatic heterocycles. The molecule has 2 heterocycles. The number of rotatable bonds is 5. The summed E-state index contributed by atoms with van der Waals surface area (Å²) in [5, 5.41) is 0.524. The summed E-state index contributed by atoms with van der Waals surface area (Å²) in [6.45, 7) is 5.14. The van der Waals surface area contributed by atoms with Crippen LogP contribution in [0.2, 0.25) is 5.02 Å². The van der Waals surface area contributed by atoms with Crippen LogP contribution in [0.15, 0.2) is 18.2 Å². The number of hydrogen-bond acceptors (Lipinski definition) is 4. The Labute approximate surface area is 171 Å². The molecular weight excluding hydrogens is 380 g/mol. The predicted octanol–water partition coefficient (Wildman–Crippen LogP) is 3.23. The average Bonchev–Trinajstić information content (AvgIpc) is 2.70. The van der Waals surface area contributed by atoms with Gasteiger partial charge in [-0.25, -0.2) is 0 Å². The first-order chi connectivity index (χ1) is 13.5. The van der Waals surface area contributed by atoms with Crippen molar-refractivity contribution >= 4 is 23.4 Å². The molecule has 0 spiro atoms. The highest BCUT2D eigenvalue weighted by Crippen LogP contribution is 2.29. The maximum Gasteiger partial charge on any atom is 0.257 e. The molecule has 0 aromatic heterocycles. The molecule has 0 N–H and O–H groups in total. The van der Waals surface area contributed by atoms with E-state index in [9.17, 15) is 9.59 Å². The van der Waals surface area contributed by atoms with Crippen molar-refractivity contribution in [3.63, 3.8) is 0 Å². The minimum Gasteiger partial charge on any atom is -0.489 e. The molecule has 0 unspecified atom stereocenters. The third-order valence-corrected chi connectivity index (χ3v) is 5.89. The van der Waals surface area contributed by atoms with Gasteiger partial charge in [0, 0.05) is 64.7 Å². The first kappa shape index (κ1) is 20.9. The van der Waals surface area contributed by atoms with E-state index in [1.54, 1.807) is 32.2 Å². The van der Waals surface area contributed by atoms with Gasteiger partial charge in [0.1, 0.15) is 11.9 Å². The summed E-state index contributed by atoms with van der Waals surface area (Å²) in [5.74, 6) is 1.15. The Hall–Kier alpha value is -1.79. The lowest BCUT2D eigenvalue weighted by atomic mass is 9.97. The Morgan fingerprint density at radius 1 is 1.07 bits per heavy atom. The lowest BCUT2D eigenvalue weighted by Gasteiger charge is -2.33. The minimum atomic E-state index is -0.0328. The Bertz CT molecular complexity index is 696. The zero-order chi connectivity index (χ0) is 20.1. The minimum absolute atomic E-state index is 0.00392. The second-order valence-electron chi connectivity index (χ2n) is 7.65. The average molecular weight is 409 g/mol. The molecule has 6 nitrogen and oxygen atoms in total. The van der Waals surface area contributed by atoms with E-state index in [2.05, 4.69) is 0 Å². The van der Waals surface area contributed by atoms with Gasteiger partial charge in [-0.05, 0) is 37.0 Å². The summed E-state index contributed by atoms with van der Waals surface area (Å²) < 4.78 is 11.4. The number of ether oxygens (including phenoxy) is 2. The van der Waals surface area contributed by atoms with Gasteiger partial charge in [-0.3, -0.25) is 9.59 Å². The molecule has 3 rings (SSSR count). The van der Waals surface area contributed by atoms with E-state index in [4.69, 9.17) is 21.1 Å². The van der Waals surface area contributed by atoms with Crippen molar-refractivity contribution in [3.8, 4) is 5.75 Å². The van der Waals surface area contributed by atoms with E-state index in [1.165, 1.54) is 0 Å². The van der Waals surface area contributed by atoms with Crippen LogP contribution in [0.3, 0.4) is 0 Å². The highest BCUT2D eigenvalue weighted by molar-refractivity contribution is 6.31.